The van der Waals surface area contributed by atoms with Gasteiger partial charge in [0.15, 0.2) is 28.4 Å². The van der Waals surface area contributed by atoms with Gasteiger partial charge in [-0.3, -0.25) is 4.79 Å². The summed E-state index contributed by atoms with van der Waals surface area (Å²) >= 11 is 0. The van der Waals surface area contributed by atoms with Crippen LogP contribution < -0.4 is 24.4 Å². The molecule has 7 heteroatoms. The summed E-state index contributed by atoms with van der Waals surface area (Å²) in [7, 11) is 4.50. The van der Waals surface area contributed by atoms with Crippen molar-refractivity contribution in [3.8, 4) is 40.1 Å². The Hall–Kier alpha value is -3.35. The first-order valence-electron chi connectivity index (χ1n) is 9.77. The molecule has 0 radical (unpaired) electrons. The van der Waals surface area contributed by atoms with Gasteiger partial charge in [-0.2, -0.15) is 0 Å². The molecule has 0 bridgehead atoms. The molecular weight excluding hydrogens is 388 g/mol. The lowest BCUT2D eigenvalue weighted by molar-refractivity contribution is 0.273. The number of fused-ring (bicyclic) bond motifs is 1. The van der Waals surface area contributed by atoms with Crippen LogP contribution in [0.25, 0.3) is 22.3 Å². The number of phenols is 1. The Bertz CT molecular complexity index is 1090. The highest BCUT2D eigenvalue weighted by atomic mass is 16.5. The molecule has 0 spiro atoms. The molecule has 160 valence electrons. The van der Waals surface area contributed by atoms with Crippen LogP contribution in [-0.4, -0.2) is 33.0 Å². The first-order valence-corrected chi connectivity index (χ1v) is 9.77. The third kappa shape index (κ3) is 4.15. The van der Waals surface area contributed by atoms with Crippen molar-refractivity contribution in [3.63, 3.8) is 0 Å². The van der Waals surface area contributed by atoms with Gasteiger partial charge in [-0.25, -0.2) is 0 Å². The zero-order valence-corrected chi connectivity index (χ0v) is 17.6. The molecule has 0 aliphatic carbocycles. The van der Waals surface area contributed by atoms with Gasteiger partial charge in [0.05, 0.1) is 27.9 Å². The van der Waals surface area contributed by atoms with Crippen molar-refractivity contribution in [3.05, 3.63) is 40.6 Å². The average molecular weight is 414 g/mol. The highest BCUT2D eigenvalue weighted by Gasteiger charge is 2.21. The summed E-state index contributed by atoms with van der Waals surface area (Å²) in [4.78, 5) is 12.9. The molecule has 0 fully saturated rings. The van der Waals surface area contributed by atoms with Gasteiger partial charge in [-0.15, -0.1) is 0 Å². The highest BCUT2D eigenvalue weighted by molar-refractivity contribution is 5.90. The maximum atomic E-state index is 12.9. The number of aromatic hydroxyl groups is 1. The van der Waals surface area contributed by atoms with Gasteiger partial charge in [0.1, 0.15) is 16.7 Å². The molecule has 0 aliphatic heterocycles. The van der Waals surface area contributed by atoms with E-state index in [9.17, 15) is 9.90 Å². The second kappa shape index (κ2) is 9.43. The minimum absolute atomic E-state index is 0.146. The predicted octanol–water partition coefficient (Wildman–Crippen LogP) is 4.76. The molecule has 1 N–H and O–H groups in total. The van der Waals surface area contributed by atoms with E-state index in [1.807, 2.05) is 0 Å². The minimum Gasteiger partial charge on any atom is -0.504 e. The zero-order valence-electron chi connectivity index (χ0n) is 17.6. The Balaban J connectivity index is 2.09. The molecule has 0 atom stereocenters. The molecule has 30 heavy (non-hydrogen) atoms. The molecule has 0 saturated heterocycles. The summed E-state index contributed by atoms with van der Waals surface area (Å²) in [6.45, 7) is 2.51. The van der Waals surface area contributed by atoms with Gasteiger partial charge in [-0.05, 0) is 24.6 Å². The van der Waals surface area contributed by atoms with Crippen LogP contribution in [0.3, 0.4) is 0 Å². The van der Waals surface area contributed by atoms with Crippen LogP contribution in [0.5, 0.6) is 28.7 Å². The molecule has 0 unspecified atom stereocenters. The van der Waals surface area contributed by atoms with Crippen LogP contribution in [0.1, 0.15) is 26.2 Å². The van der Waals surface area contributed by atoms with Crippen LogP contribution in [0.4, 0.5) is 0 Å². The lowest BCUT2D eigenvalue weighted by atomic mass is 10.1. The molecule has 1 heterocycles. The maximum Gasteiger partial charge on any atom is 0.204 e. The molecule has 0 aliphatic rings. The fraction of sp³-hybridized carbons (Fsp3) is 0.348. The van der Waals surface area contributed by atoms with Crippen molar-refractivity contribution in [1.29, 1.82) is 0 Å². The normalized spacial score (nSPS) is 10.8. The van der Waals surface area contributed by atoms with Gasteiger partial charge in [0.25, 0.3) is 0 Å². The summed E-state index contributed by atoms with van der Waals surface area (Å²) in [5, 5.41) is 10.7. The van der Waals surface area contributed by atoms with Crippen molar-refractivity contribution in [2.75, 3.05) is 27.9 Å². The number of rotatable bonds is 9. The number of benzene rings is 2. The zero-order chi connectivity index (χ0) is 21.7. The van der Waals surface area contributed by atoms with Crippen LogP contribution in [0, 0.1) is 0 Å². The number of methoxy groups -OCH3 is 3. The smallest absolute Gasteiger partial charge is 0.204 e. The summed E-state index contributed by atoms with van der Waals surface area (Å²) < 4.78 is 27.6. The van der Waals surface area contributed by atoms with E-state index in [0.29, 0.717) is 29.4 Å². The van der Waals surface area contributed by atoms with E-state index in [0.717, 1.165) is 19.3 Å². The van der Waals surface area contributed by atoms with Gasteiger partial charge < -0.3 is 28.5 Å². The summed E-state index contributed by atoms with van der Waals surface area (Å²) in [5.41, 5.74) is 0.517. The van der Waals surface area contributed by atoms with Gasteiger partial charge >= 0.3 is 0 Å². The van der Waals surface area contributed by atoms with Gasteiger partial charge in [0.2, 0.25) is 5.75 Å². The molecule has 3 rings (SSSR count). The van der Waals surface area contributed by atoms with Crippen molar-refractivity contribution < 1.29 is 28.5 Å². The first kappa shape index (κ1) is 21.4. The highest BCUT2D eigenvalue weighted by Crippen LogP contribution is 2.43. The standard InChI is InChI=1S/C23H26O7/c1-5-6-7-10-29-22-16(25)13-20-21(23(22)28-4)15(24)12-18(30-20)14-8-9-17(26-2)19(11-14)27-3/h8-9,11-13,25H,5-7,10H2,1-4H3. The number of ether oxygens (including phenoxy) is 4. The quantitative estimate of drug-likeness (QED) is 0.505. The third-order valence-corrected chi connectivity index (χ3v) is 4.78. The monoisotopic (exact) mass is 414 g/mol. The van der Waals surface area contributed by atoms with Crippen LogP contribution in [0.2, 0.25) is 0 Å². The van der Waals surface area contributed by atoms with E-state index in [1.165, 1.54) is 26.4 Å². The number of phenolic OH excluding ortho intramolecular Hbond substituents is 1. The summed E-state index contributed by atoms with van der Waals surface area (Å²) in [5.74, 6) is 1.55. The van der Waals surface area contributed by atoms with Gasteiger partial charge in [0, 0.05) is 17.7 Å². The predicted molar refractivity (Wildman–Crippen MR) is 114 cm³/mol. The van der Waals surface area contributed by atoms with E-state index in [-0.39, 0.29) is 33.6 Å². The van der Waals surface area contributed by atoms with Crippen LogP contribution in [0.15, 0.2) is 39.5 Å². The topological polar surface area (TPSA) is 87.4 Å². The summed E-state index contributed by atoms with van der Waals surface area (Å²) in [6, 6.07) is 7.95. The molecular formula is C23H26O7. The fourth-order valence-corrected chi connectivity index (χ4v) is 3.25. The minimum atomic E-state index is -0.309. The maximum absolute atomic E-state index is 12.9. The Kier molecular flexibility index (Phi) is 6.72. The number of unbranched alkanes of at least 4 members (excludes halogenated alkanes) is 2. The van der Waals surface area contributed by atoms with E-state index in [2.05, 4.69) is 6.92 Å². The lowest BCUT2D eigenvalue weighted by Crippen LogP contribution is -2.06. The molecule has 1 aromatic heterocycles. The van der Waals surface area contributed by atoms with Crippen molar-refractivity contribution in [2.24, 2.45) is 0 Å². The number of hydrogen-bond acceptors (Lipinski definition) is 7. The van der Waals surface area contributed by atoms with Crippen LogP contribution in [-0.2, 0) is 0 Å². The Morgan fingerprint density at radius 1 is 0.933 bits per heavy atom. The molecule has 0 amide bonds. The van der Waals surface area contributed by atoms with Crippen molar-refractivity contribution in [2.45, 2.75) is 26.2 Å². The average Bonchev–Trinajstić information content (AvgIpc) is 2.76. The van der Waals surface area contributed by atoms with E-state index < -0.39 is 0 Å². The van der Waals surface area contributed by atoms with E-state index in [4.69, 9.17) is 23.4 Å². The van der Waals surface area contributed by atoms with Crippen LogP contribution >= 0.6 is 0 Å². The third-order valence-electron chi connectivity index (χ3n) is 4.78. The summed E-state index contributed by atoms with van der Waals surface area (Å²) in [6.07, 6.45) is 2.89. The molecule has 0 saturated carbocycles. The lowest BCUT2D eigenvalue weighted by Gasteiger charge is -2.15. The molecule has 7 nitrogen and oxygen atoms in total. The van der Waals surface area contributed by atoms with E-state index in [1.54, 1.807) is 25.3 Å². The Labute approximate surface area is 174 Å². The first-order chi connectivity index (χ1) is 14.5. The Morgan fingerprint density at radius 3 is 2.37 bits per heavy atom. The molecule has 2 aromatic carbocycles. The van der Waals surface area contributed by atoms with Crippen molar-refractivity contribution in [1.82, 2.24) is 0 Å². The second-order valence-electron chi connectivity index (χ2n) is 6.73. The van der Waals surface area contributed by atoms with Crippen molar-refractivity contribution >= 4 is 11.0 Å². The largest absolute Gasteiger partial charge is 0.504 e. The van der Waals surface area contributed by atoms with Gasteiger partial charge in [-0.1, -0.05) is 19.8 Å². The SMILES string of the molecule is CCCCCOc1c(O)cc2oc(-c3ccc(OC)c(OC)c3)cc(=O)c2c1OC. The number of hydrogen-bond donors (Lipinski definition) is 1. The Morgan fingerprint density at radius 2 is 1.70 bits per heavy atom. The molecule has 3 aromatic rings. The fourth-order valence-electron chi connectivity index (χ4n) is 3.25. The second-order valence-corrected chi connectivity index (χ2v) is 6.73. The van der Waals surface area contributed by atoms with E-state index >= 15 is 0 Å².